The zero-order valence-electron chi connectivity index (χ0n) is 27.1. The number of amides is 1. The predicted molar refractivity (Wildman–Crippen MR) is 185 cm³/mol. The molecule has 1 amide bonds. The van der Waals surface area contributed by atoms with E-state index in [4.69, 9.17) is 16.0 Å². The van der Waals surface area contributed by atoms with Crippen LogP contribution in [0.3, 0.4) is 0 Å². The third kappa shape index (κ3) is 10.8. The van der Waals surface area contributed by atoms with Gasteiger partial charge in [0, 0.05) is 48.2 Å². The molecule has 4 aromatic rings. The molecule has 0 aliphatic heterocycles. The van der Waals surface area contributed by atoms with Crippen LogP contribution in [0.2, 0.25) is 0 Å². The molecule has 0 heterocycles. The zero-order chi connectivity index (χ0) is 35.2. The lowest BCUT2D eigenvalue weighted by molar-refractivity contribution is -0.123. The van der Waals surface area contributed by atoms with E-state index in [-0.39, 0.29) is 24.2 Å². The summed E-state index contributed by atoms with van der Waals surface area (Å²) in [6, 6.07) is 21.9. The number of Topliss-reactive ketones (excluding diaryl/α,β-unsaturated/α-hetero) is 1. The fourth-order valence-electron chi connectivity index (χ4n) is 4.69. The molecule has 0 aliphatic carbocycles. The lowest BCUT2D eigenvalue weighted by atomic mass is 10.0. The highest BCUT2D eigenvalue weighted by atomic mass is 19.1. The van der Waals surface area contributed by atoms with Crippen molar-refractivity contribution in [3.05, 3.63) is 118 Å². The number of azo groups is 1. The quantitative estimate of drug-likeness (QED) is 0.0447. The van der Waals surface area contributed by atoms with Crippen molar-refractivity contribution in [2.24, 2.45) is 21.1 Å². The van der Waals surface area contributed by atoms with Crippen LogP contribution in [-0.4, -0.2) is 45.0 Å². The van der Waals surface area contributed by atoms with Crippen LogP contribution in [-0.2, 0) is 11.3 Å². The van der Waals surface area contributed by atoms with Gasteiger partial charge in [0.2, 0.25) is 0 Å². The first-order valence-electron chi connectivity index (χ1n) is 15.5. The smallest absolute Gasteiger partial charge is 0.251 e. The molecule has 0 aliphatic rings. The molecule has 4 N–H and O–H groups in total. The molecule has 0 saturated heterocycles. The molecule has 0 saturated carbocycles. The van der Waals surface area contributed by atoms with Gasteiger partial charge in [-0.3, -0.25) is 9.59 Å². The number of benzene rings is 4. The van der Waals surface area contributed by atoms with Crippen molar-refractivity contribution in [3.8, 4) is 5.75 Å². The maximum atomic E-state index is 15.0. The zero-order valence-corrected chi connectivity index (χ0v) is 27.1. The maximum Gasteiger partial charge on any atom is 0.251 e. The van der Waals surface area contributed by atoms with Crippen LogP contribution in [0.1, 0.15) is 35.2 Å². The van der Waals surface area contributed by atoms with E-state index in [0.717, 1.165) is 17.8 Å². The van der Waals surface area contributed by atoms with Crippen molar-refractivity contribution in [1.29, 1.82) is 0 Å². The van der Waals surface area contributed by atoms with Gasteiger partial charge in [0.25, 0.3) is 5.91 Å². The number of ketones is 1. The molecule has 0 unspecified atom stereocenters. The van der Waals surface area contributed by atoms with Crippen LogP contribution in [0.15, 0.2) is 100 Å². The number of nitrogens with zero attached hydrogens (tertiary/aromatic N) is 6. The topological polar surface area (TPSA) is 170 Å². The Morgan fingerprint density at radius 3 is 2.18 bits per heavy atom. The SMILES string of the molecule is CN(C)c1ccc(/N=N/c2ccc(NCc3cc(F)c(OCC(=O)[C@H](CCCCN)NC(=O)c4cccc(N=[N+]=[N-])c4)c(F)c3)cc2)cc1. The number of unbranched alkanes of at least 4 members (excludes halogenated alkanes) is 1. The molecule has 0 fully saturated rings. The minimum absolute atomic E-state index is 0.113. The first kappa shape index (κ1) is 36.0. The molecule has 0 aromatic heterocycles. The van der Waals surface area contributed by atoms with Crippen LogP contribution < -0.4 is 26.0 Å². The van der Waals surface area contributed by atoms with Crippen molar-refractivity contribution in [2.45, 2.75) is 31.8 Å². The molecule has 0 spiro atoms. The highest BCUT2D eigenvalue weighted by Gasteiger charge is 2.23. The second-order valence-corrected chi connectivity index (χ2v) is 11.2. The minimum atomic E-state index is -1.00. The van der Waals surface area contributed by atoms with E-state index < -0.39 is 41.7 Å². The average Bonchev–Trinajstić information content (AvgIpc) is 3.10. The Kier molecular flexibility index (Phi) is 13.1. The van der Waals surface area contributed by atoms with Crippen molar-refractivity contribution in [1.82, 2.24) is 5.32 Å². The molecule has 1 atom stereocenters. The Morgan fingerprint density at radius 1 is 0.918 bits per heavy atom. The van der Waals surface area contributed by atoms with Gasteiger partial charge < -0.3 is 26.0 Å². The van der Waals surface area contributed by atoms with Crippen LogP contribution in [0, 0.1) is 11.6 Å². The molecule has 0 bridgehead atoms. The average molecular weight is 670 g/mol. The van der Waals surface area contributed by atoms with Gasteiger partial charge in [-0.1, -0.05) is 17.2 Å². The van der Waals surface area contributed by atoms with Crippen LogP contribution in [0.4, 0.5) is 37.2 Å². The number of azide groups is 1. The normalized spacial score (nSPS) is 11.4. The Morgan fingerprint density at radius 2 is 1.57 bits per heavy atom. The van der Waals surface area contributed by atoms with E-state index in [2.05, 4.69) is 30.9 Å². The summed E-state index contributed by atoms with van der Waals surface area (Å²) in [5.41, 5.74) is 18.1. The Labute approximate surface area is 282 Å². The van der Waals surface area contributed by atoms with Crippen LogP contribution in [0.25, 0.3) is 10.4 Å². The van der Waals surface area contributed by atoms with Gasteiger partial charge >= 0.3 is 0 Å². The highest BCUT2D eigenvalue weighted by molar-refractivity contribution is 5.98. The third-order valence-electron chi connectivity index (χ3n) is 7.34. The number of nitrogens with one attached hydrogen (secondary N) is 2. The predicted octanol–water partition coefficient (Wildman–Crippen LogP) is 7.88. The van der Waals surface area contributed by atoms with Gasteiger partial charge in [0.15, 0.2) is 23.2 Å². The molecule has 0 radical (unpaired) electrons. The maximum absolute atomic E-state index is 15.0. The molecule has 12 nitrogen and oxygen atoms in total. The van der Waals surface area contributed by atoms with Gasteiger partial charge in [0.1, 0.15) is 6.61 Å². The number of nitrogens with two attached hydrogens (primary N) is 1. The van der Waals surface area contributed by atoms with E-state index in [1.807, 2.05) is 43.3 Å². The fraction of sp³-hybridized carbons (Fsp3) is 0.257. The van der Waals surface area contributed by atoms with Crippen molar-refractivity contribution < 1.29 is 23.1 Å². The molecular formula is C35H37F2N9O3. The van der Waals surface area contributed by atoms with Crippen LogP contribution in [0.5, 0.6) is 5.75 Å². The number of carbonyl (C=O) groups is 2. The highest BCUT2D eigenvalue weighted by Crippen LogP contribution is 2.26. The molecule has 4 aromatic carbocycles. The largest absolute Gasteiger partial charge is 0.480 e. The molecule has 49 heavy (non-hydrogen) atoms. The van der Waals surface area contributed by atoms with Gasteiger partial charge in [-0.25, -0.2) is 8.78 Å². The molecule has 4 rings (SSSR count). The molecular weight excluding hydrogens is 632 g/mol. The van der Waals surface area contributed by atoms with Gasteiger partial charge in [-0.05, 0) is 110 Å². The number of hydrogen-bond donors (Lipinski definition) is 3. The third-order valence-corrected chi connectivity index (χ3v) is 7.34. The number of hydrogen-bond acceptors (Lipinski definition) is 9. The Hall–Kier alpha value is -5.85. The van der Waals surface area contributed by atoms with E-state index in [1.54, 1.807) is 24.3 Å². The van der Waals surface area contributed by atoms with Crippen LogP contribution >= 0.6 is 0 Å². The first-order chi connectivity index (χ1) is 23.7. The van der Waals surface area contributed by atoms with E-state index in [0.29, 0.717) is 42.0 Å². The van der Waals surface area contributed by atoms with E-state index in [9.17, 15) is 18.4 Å². The summed E-state index contributed by atoms with van der Waals surface area (Å²) in [4.78, 5) is 30.6. The Bertz CT molecular complexity index is 1790. The molecule has 14 heteroatoms. The standard InChI is InChI=1S/C35H37F2N9O3/c1-46(2)29-15-13-27(14-16-29)43-42-26-11-9-25(10-12-26)40-21-23-18-30(36)34(31(37)19-23)49-22-33(47)32(8-3-4-17-38)41-35(48)24-6-5-7-28(20-24)44-45-39/h5-7,9-16,18-20,32,40H,3-4,8,17,21-22,38H2,1-2H3,(H,41,48)/b43-42+/t32-/m0/s1. The van der Waals surface area contributed by atoms with Crippen molar-refractivity contribution >= 4 is 40.1 Å². The summed E-state index contributed by atoms with van der Waals surface area (Å²) in [6.07, 6.45) is 1.37. The van der Waals surface area contributed by atoms with E-state index in [1.165, 1.54) is 24.3 Å². The van der Waals surface area contributed by atoms with Gasteiger partial charge in [-0.15, -0.1) is 0 Å². The second kappa shape index (κ2) is 17.9. The Balaban J connectivity index is 1.33. The number of halogens is 2. The summed E-state index contributed by atoms with van der Waals surface area (Å²) >= 11 is 0. The van der Waals surface area contributed by atoms with Crippen molar-refractivity contribution in [2.75, 3.05) is 37.5 Å². The lowest BCUT2D eigenvalue weighted by Crippen LogP contribution is -2.43. The van der Waals surface area contributed by atoms with Gasteiger partial charge in [0.05, 0.1) is 17.4 Å². The van der Waals surface area contributed by atoms with Gasteiger partial charge in [-0.2, -0.15) is 10.2 Å². The lowest BCUT2D eigenvalue weighted by Gasteiger charge is -2.18. The molecule has 254 valence electrons. The fourth-order valence-corrected chi connectivity index (χ4v) is 4.69. The summed E-state index contributed by atoms with van der Waals surface area (Å²) in [5.74, 6) is -3.81. The first-order valence-corrected chi connectivity index (χ1v) is 15.5. The number of carbonyl (C=O) groups excluding carboxylic acids is 2. The summed E-state index contributed by atoms with van der Waals surface area (Å²) in [7, 11) is 3.92. The summed E-state index contributed by atoms with van der Waals surface area (Å²) in [6.45, 7) is -0.174. The van der Waals surface area contributed by atoms with Crippen molar-refractivity contribution in [3.63, 3.8) is 0 Å². The summed E-state index contributed by atoms with van der Waals surface area (Å²) < 4.78 is 35.2. The summed E-state index contributed by atoms with van der Waals surface area (Å²) in [5, 5.41) is 17.7. The monoisotopic (exact) mass is 669 g/mol. The van der Waals surface area contributed by atoms with E-state index >= 15 is 0 Å². The number of anilines is 2. The number of ether oxygens (including phenoxy) is 1. The number of rotatable bonds is 17. The second-order valence-electron chi connectivity index (χ2n) is 11.2. The minimum Gasteiger partial charge on any atom is -0.480 e.